The number of carbonyl (C=O) groups excluding carboxylic acids is 2. The van der Waals surface area contributed by atoms with E-state index in [0.29, 0.717) is 27.3 Å². The summed E-state index contributed by atoms with van der Waals surface area (Å²) in [5, 5.41) is 4.37. The van der Waals surface area contributed by atoms with Gasteiger partial charge in [0, 0.05) is 18.3 Å². The number of rotatable bonds is 5. The standard InChI is InChI=1S/C18H18N4O4S/c1-3-26-18(25)19-12-6-4-11(5-7-12)17(24)22(2)10-14-20-13-8-9-27-15(13)16(23)21-14/h4-9H,3,10H2,1-2H3,(H,19,25)(H,20,21,23). The van der Waals surface area contributed by atoms with E-state index >= 15 is 0 Å². The molecule has 0 bridgehead atoms. The Labute approximate surface area is 158 Å². The lowest BCUT2D eigenvalue weighted by Gasteiger charge is -2.17. The number of ether oxygens (including phenoxy) is 1. The van der Waals surface area contributed by atoms with E-state index in [-0.39, 0.29) is 24.6 Å². The second-order valence-corrected chi connectivity index (χ2v) is 6.65. The summed E-state index contributed by atoms with van der Waals surface area (Å²) in [4.78, 5) is 44.5. The Morgan fingerprint density at radius 1 is 1.26 bits per heavy atom. The average molecular weight is 386 g/mol. The number of carbonyl (C=O) groups is 2. The van der Waals surface area contributed by atoms with Gasteiger partial charge in [0.25, 0.3) is 11.5 Å². The maximum absolute atomic E-state index is 12.6. The van der Waals surface area contributed by atoms with Crippen molar-refractivity contribution in [2.75, 3.05) is 19.0 Å². The van der Waals surface area contributed by atoms with Crippen molar-refractivity contribution in [3.63, 3.8) is 0 Å². The van der Waals surface area contributed by atoms with E-state index in [1.165, 1.54) is 16.2 Å². The zero-order valence-electron chi connectivity index (χ0n) is 14.8. The first-order valence-electron chi connectivity index (χ1n) is 8.23. The number of anilines is 1. The van der Waals surface area contributed by atoms with Crippen LogP contribution >= 0.6 is 11.3 Å². The third-order valence-electron chi connectivity index (χ3n) is 3.75. The molecule has 0 aliphatic rings. The van der Waals surface area contributed by atoms with E-state index in [1.54, 1.807) is 49.7 Å². The number of nitrogens with one attached hydrogen (secondary N) is 2. The number of hydrogen-bond donors (Lipinski definition) is 2. The van der Waals surface area contributed by atoms with Crippen LogP contribution in [0.3, 0.4) is 0 Å². The number of amides is 2. The van der Waals surface area contributed by atoms with E-state index in [1.807, 2.05) is 0 Å². The smallest absolute Gasteiger partial charge is 0.411 e. The molecule has 2 amide bonds. The van der Waals surface area contributed by atoms with Crippen LogP contribution in [0.4, 0.5) is 10.5 Å². The van der Waals surface area contributed by atoms with E-state index in [9.17, 15) is 14.4 Å². The molecule has 140 valence electrons. The molecule has 0 fully saturated rings. The number of aromatic amines is 1. The fraction of sp³-hybridized carbons (Fsp3) is 0.222. The normalized spacial score (nSPS) is 10.6. The van der Waals surface area contributed by atoms with Crippen molar-refractivity contribution in [1.82, 2.24) is 14.9 Å². The summed E-state index contributed by atoms with van der Waals surface area (Å²) in [5.41, 5.74) is 1.39. The Morgan fingerprint density at radius 3 is 2.70 bits per heavy atom. The Balaban J connectivity index is 1.69. The van der Waals surface area contributed by atoms with Gasteiger partial charge in [-0.2, -0.15) is 0 Å². The van der Waals surface area contributed by atoms with Crippen molar-refractivity contribution >= 4 is 39.2 Å². The minimum atomic E-state index is -0.549. The highest BCUT2D eigenvalue weighted by Gasteiger charge is 2.14. The molecule has 27 heavy (non-hydrogen) atoms. The Kier molecular flexibility index (Phi) is 5.51. The number of hydrogen-bond acceptors (Lipinski definition) is 6. The maximum Gasteiger partial charge on any atom is 0.411 e. The Hall–Kier alpha value is -3.20. The molecule has 0 saturated heterocycles. The van der Waals surface area contributed by atoms with E-state index in [0.717, 1.165) is 0 Å². The van der Waals surface area contributed by atoms with Crippen LogP contribution in [0.2, 0.25) is 0 Å². The molecule has 0 aliphatic heterocycles. The van der Waals surface area contributed by atoms with Crippen LogP contribution in [0.1, 0.15) is 23.1 Å². The molecule has 2 heterocycles. The van der Waals surface area contributed by atoms with Crippen LogP contribution in [0.15, 0.2) is 40.5 Å². The predicted octanol–water partition coefficient (Wildman–Crippen LogP) is 2.83. The molecule has 3 rings (SSSR count). The first-order chi connectivity index (χ1) is 13.0. The molecule has 0 spiro atoms. The van der Waals surface area contributed by atoms with Crippen LogP contribution < -0.4 is 10.9 Å². The van der Waals surface area contributed by atoms with Gasteiger partial charge in [-0.05, 0) is 42.6 Å². The summed E-state index contributed by atoms with van der Waals surface area (Å²) in [6.45, 7) is 2.17. The monoisotopic (exact) mass is 386 g/mol. The summed E-state index contributed by atoms with van der Waals surface area (Å²) in [6, 6.07) is 8.23. The van der Waals surface area contributed by atoms with Crippen molar-refractivity contribution < 1.29 is 14.3 Å². The van der Waals surface area contributed by atoms with Crippen LogP contribution in [0, 0.1) is 0 Å². The molecule has 0 atom stereocenters. The maximum atomic E-state index is 12.6. The molecule has 0 radical (unpaired) electrons. The van der Waals surface area contributed by atoms with Gasteiger partial charge in [-0.1, -0.05) is 0 Å². The van der Waals surface area contributed by atoms with Gasteiger partial charge >= 0.3 is 6.09 Å². The zero-order valence-corrected chi connectivity index (χ0v) is 15.6. The minimum Gasteiger partial charge on any atom is -0.450 e. The van der Waals surface area contributed by atoms with Gasteiger partial charge in [0.05, 0.1) is 18.7 Å². The number of aromatic nitrogens is 2. The van der Waals surface area contributed by atoms with Crippen LogP contribution in [-0.2, 0) is 11.3 Å². The fourth-order valence-corrected chi connectivity index (χ4v) is 3.22. The van der Waals surface area contributed by atoms with Crippen molar-refractivity contribution in [3.8, 4) is 0 Å². The predicted molar refractivity (Wildman–Crippen MR) is 103 cm³/mol. The zero-order chi connectivity index (χ0) is 19.4. The molecular formula is C18H18N4O4S. The van der Waals surface area contributed by atoms with Gasteiger partial charge in [0.1, 0.15) is 10.5 Å². The van der Waals surface area contributed by atoms with Crippen LogP contribution in [-0.4, -0.2) is 40.5 Å². The molecule has 1 aromatic carbocycles. The highest BCUT2D eigenvalue weighted by atomic mass is 32.1. The van der Waals surface area contributed by atoms with Crippen molar-refractivity contribution in [2.24, 2.45) is 0 Å². The third kappa shape index (κ3) is 4.32. The fourth-order valence-electron chi connectivity index (χ4n) is 2.49. The summed E-state index contributed by atoms with van der Waals surface area (Å²) in [5.74, 6) is 0.188. The highest BCUT2D eigenvalue weighted by Crippen LogP contribution is 2.15. The lowest BCUT2D eigenvalue weighted by Crippen LogP contribution is -2.28. The van der Waals surface area contributed by atoms with Gasteiger partial charge < -0.3 is 14.6 Å². The average Bonchev–Trinajstić information content (AvgIpc) is 3.11. The second-order valence-electron chi connectivity index (χ2n) is 5.73. The molecule has 0 saturated carbocycles. The Morgan fingerprint density at radius 2 is 2.00 bits per heavy atom. The lowest BCUT2D eigenvalue weighted by molar-refractivity contribution is 0.0781. The summed E-state index contributed by atoms with van der Waals surface area (Å²) in [6.07, 6.45) is -0.549. The van der Waals surface area contributed by atoms with E-state index in [2.05, 4.69) is 15.3 Å². The number of fused-ring (bicyclic) bond motifs is 1. The van der Waals surface area contributed by atoms with Gasteiger partial charge in [-0.3, -0.25) is 14.9 Å². The number of benzene rings is 1. The van der Waals surface area contributed by atoms with Gasteiger partial charge in [-0.25, -0.2) is 9.78 Å². The summed E-state index contributed by atoms with van der Waals surface area (Å²) < 4.78 is 5.37. The topological polar surface area (TPSA) is 104 Å². The molecule has 2 aromatic heterocycles. The van der Waals surface area contributed by atoms with Crippen LogP contribution in [0.25, 0.3) is 10.2 Å². The van der Waals surface area contributed by atoms with Gasteiger partial charge in [0.2, 0.25) is 0 Å². The number of nitrogens with zero attached hydrogens (tertiary/aromatic N) is 2. The van der Waals surface area contributed by atoms with Crippen LogP contribution in [0.5, 0.6) is 0 Å². The molecule has 9 heteroatoms. The summed E-state index contributed by atoms with van der Waals surface area (Å²) >= 11 is 1.33. The molecule has 8 nitrogen and oxygen atoms in total. The van der Waals surface area contributed by atoms with E-state index in [4.69, 9.17) is 4.74 Å². The molecule has 2 N–H and O–H groups in total. The van der Waals surface area contributed by atoms with Gasteiger partial charge in [-0.15, -0.1) is 11.3 Å². The SMILES string of the molecule is CCOC(=O)Nc1ccc(C(=O)N(C)Cc2nc3ccsc3c(=O)[nH]2)cc1. The molecular weight excluding hydrogens is 368 g/mol. The molecule has 0 unspecified atom stereocenters. The molecule has 3 aromatic rings. The van der Waals surface area contributed by atoms with E-state index < -0.39 is 6.09 Å². The van der Waals surface area contributed by atoms with Crippen molar-refractivity contribution in [3.05, 3.63) is 57.5 Å². The largest absolute Gasteiger partial charge is 0.450 e. The number of thiophene rings is 1. The second kappa shape index (κ2) is 8.00. The summed E-state index contributed by atoms with van der Waals surface area (Å²) in [7, 11) is 1.63. The highest BCUT2D eigenvalue weighted by molar-refractivity contribution is 7.17. The van der Waals surface area contributed by atoms with Gasteiger partial charge in [0.15, 0.2) is 0 Å². The third-order valence-corrected chi connectivity index (χ3v) is 4.65. The lowest BCUT2D eigenvalue weighted by atomic mass is 10.2. The molecule has 0 aliphatic carbocycles. The quantitative estimate of drug-likeness (QED) is 0.702. The Bertz CT molecular complexity index is 1030. The van der Waals surface area contributed by atoms with Crippen molar-refractivity contribution in [2.45, 2.75) is 13.5 Å². The van der Waals surface area contributed by atoms with Crippen molar-refractivity contribution in [1.29, 1.82) is 0 Å². The first-order valence-corrected chi connectivity index (χ1v) is 9.11. The number of H-pyrrole nitrogens is 1. The minimum absolute atomic E-state index is 0.169. The first kappa shape index (κ1) is 18.6.